The predicted molar refractivity (Wildman–Crippen MR) is 77.7 cm³/mol. The minimum Gasteiger partial charge on any atom is -0.389 e. The monoisotopic (exact) mass is 306 g/mol. The SMILES string of the molecule is CC(=O)[C@@H]1C(=O)C[C@](C)(O)[C@@H](C(C)=O)[C@H]1c1ccc(F)cc1. The highest BCUT2D eigenvalue weighted by Gasteiger charge is 2.53. The Morgan fingerprint density at radius 1 is 1.18 bits per heavy atom. The lowest BCUT2D eigenvalue weighted by molar-refractivity contribution is -0.151. The molecule has 1 fully saturated rings. The Morgan fingerprint density at radius 3 is 2.18 bits per heavy atom. The van der Waals surface area contributed by atoms with Gasteiger partial charge in [0.1, 0.15) is 23.2 Å². The van der Waals surface area contributed by atoms with Crippen LogP contribution in [0.4, 0.5) is 4.39 Å². The normalized spacial score (nSPS) is 31.9. The van der Waals surface area contributed by atoms with Crippen LogP contribution in [0.5, 0.6) is 0 Å². The van der Waals surface area contributed by atoms with Crippen molar-refractivity contribution in [1.82, 2.24) is 0 Å². The van der Waals surface area contributed by atoms with Crippen LogP contribution in [0.3, 0.4) is 0 Å². The molecule has 0 bridgehead atoms. The molecule has 0 aliphatic heterocycles. The minimum absolute atomic E-state index is 0.237. The third-order valence-electron chi connectivity index (χ3n) is 4.40. The van der Waals surface area contributed by atoms with E-state index in [-0.39, 0.29) is 23.8 Å². The van der Waals surface area contributed by atoms with Crippen LogP contribution in [0.25, 0.3) is 0 Å². The highest BCUT2D eigenvalue weighted by atomic mass is 19.1. The Hall–Kier alpha value is -1.88. The second-order valence-electron chi connectivity index (χ2n) is 6.25. The van der Waals surface area contributed by atoms with E-state index in [2.05, 4.69) is 0 Å². The third kappa shape index (κ3) is 2.86. The molecule has 0 aromatic heterocycles. The summed E-state index contributed by atoms with van der Waals surface area (Å²) in [4.78, 5) is 36.3. The summed E-state index contributed by atoms with van der Waals surface area (Å²) in [7, 11) is 0. The van der Waals surface area contributed by atoms with Crippen molar-refractivity contribution in [2.45, 2.75) is 38.7 Å². The molecule has 22 heavy (non-hydrogen) atoms. The van der Waals surface area contributed by atoms with E-state index < -0.39 is 29.2 Å². The number of hydrogen-bond donors (Lipinski definition) is 1. The van der Waals surface area contributed by atoms with E-state index in [1.807, 2.05) is 0 Å². The Labute approximate surface area is 128 Å². The Balaban J connectivity index is 2.61. The summed E-state index contributed by atoms with van der Waals surface area (Å²) < 4.78 is 13.1. The van der Waals surface area contributed by atoms with E-state index in [1.54, 1.807) is 0 Å². The fourth-order valence-electron chi connectivity index (χ4n) is 3.59. The number of hydrogen-bond acceptors (Lipinski definition) is 4. The van der Waals surface area contributed by atoms with Gasteiger partial charge in [-0.1, -0.05) is 12.1 Å². The summed E-state index contributed by atoms with van der Waals surface area (Å²) in [6, 6.07) is 5.36. The summed E-state index contributed by atoms with van der Waals surface area (Å²) in [5.41, 5.74) is -1.01. The highest BCUT2D eigenvalue weighted by molar-refractivity contribution is 6.05. The fourth-order valence-corrected chi connectivity index (χ4v) is 3.59. The summed E-state index contributed by atoms with van der Waals surface area (Å²) in [5.74, 6) is -4.11. The Bertz CT molecular complexity index is 618. The van der Waals surface area contributed by atoms with Crippen molar-refractivity contribution in [3.8, 4) is 0 Å². The van der Waals surface area contributed by atoms with Crippen LogP contribution >= 0.6 is 0 Å². The lowest BCUT2D eigenvalue weighted by Gasteiger charge is -2.44. The molecule has 118 valence electrons. The number of ketones is 3. The second-order valence-corrected chi connectivity index (χ2v) is 6.25. The van der Waals surface area contributed by atoms with Crippen molar-refractivity contribution in [1.29, 1.82) is 0 Å². The van der Waals surface area contributed by atoms with E-state index in [0.717, 1.165) is 0 Å². The highest BCUT2D eigenvalue weighted by Crippen LogP contribution is 2.46. The largest absolute Gasteiger partial charge is 0.389 e. The van der Waals surface area contributed by atoms with Gasteiger partial charge in [-0.2, -0.15) is 0 Å². The van der Waals surface area contributed by atoms with Gasteiger partial charge < -0.3 is 5.11 Å². The molecule has 1 aliphatic carbocycles. The predicted octanol–water partition coefficient (Wildman–Crippen LogP) is 2.04. The van der Waals surface area contributed by atoms with Gasteiger partial charge in [-0.3, -0.25) is 14.4 Å². The molecule has 0 unspecified atom stereocenters. The number of Topliss-reactive ketones (excluding diaryl/α,β-unsaturated/α-hetero) is 3. The molecule has 1 aromatic rings. The fraction of sp³-hybridized carbons (Fsp3) is 0.471. The average molecular weight is 306 g/mol. The first-order valence-corrected chi connectivity index (χ1v) is 7.16. The number of halogens is 1. The zero-order valence-electron chi connectivity index (χ0n) is 12.8. The number of benzene rings is 1. The third-order valence-corrected chi connectivity index (χ3v) is 4.40. The molecule has 2 rings (SSSR count). The molecule has 0 spiro atoms. The van der Waals surface area contributed by atoms with Gasteiger partial charge in [-0.05, 0) is 38.5 Å². The van der Waals surface area contributed by atoms with Crippen molar-refractivity contribution in [2.24, 2.45) is 11.8 Å². The Morgan fingerprint density at radius 2 is 1.73 bits per heavy atom. The maximum absolute atomic E-state index is 13.1. The van der Waals surface area contributed by atoms with Gasteiger partial charge in [0.15, 0.2) is 0 Å². The van der Waals surface area contributed by atoms with Crippen LogP contribution < -0.4 is 0 Å². The molecule has 5 heteroatoms. The van der Waals surface area contributed by atoms with E-state index in [9.17, 15) is 23.9 Å². The van der Waals surface area contributed by atoms with Crippen LogP contribution in [0.1, 0.15) is 38.7 Å². The topological polar surface area (TPSA) is 71.4 Å². The average Bonchev–Trinajstić information content (AvgIpc) is 2.36. The van der Waals surface area contributed by atoms with Crippen LogP contribution in [0, 0.1) is 17.7 Å². The minimum atomic E-state index is -1.52. The summed E-state index contributed by atoms with van der Waals surface area (Å²) in [6.45, 7) is 4.07. The van der Waals surface area contributed by atoms with Gasteiger partial charge in [-0.15, -0.1) is 0 Å². The lowest BCUT2D eigenvalue weighted by Crippen LogP contribution is -2.53. The number of rotatable bonds is 3. The molecule has 4 nitrogen and oxygen atoms in total. The summed E-state index contributed by atoms with van der Waals surface area (Å²) in [5, 5.41) is 10.5. The van der Waals surface area contributed by atoms with Gasteiger partial charge in [0.05, 0.1) is 17.4 Å². The van der Waals surface area contributed by atoms with Crippen LogP contribution in [0.2, 0.25) is 0 Å². The van der Waals surface area contributed by atoms with Crippen molar-refractivity contribution in [3.63, 3.8) is 0 Å². The smallest absolute Gasteiger partial charge is 0.146 e. The summed E-state index contributed by atoms with van der Waals surface area (Å²) in [6.07, 6.45) is -0.237. The van der Waals surface area contributed by atoms with Gasteiger partial charge in [0.25, 0.3) is 0 Å². The van der Waals surface area contributed by atoms with Crippen molar-refractivity contribution >= 4 is 17.3 Å². The first-order valence-electron chi connectivity index (χ1n) is 7.16. The van der Waals surface area contributed by atoms with Gasteiger partial charge in [-0.25, -0.2) is 4.39 Å². The zero-order valence-corrected chi connectivity index (χ0v) is 12.8. The van der Waals surface area contributed by atoms with Crippen molar-refractivity contribution < 1.29 is 23.9 Å². The summed E-state index contributed by atoms with van der Waals surface area (Å²) >= 11 is 0. The molecular formula is C17H19FO4. The first-order chi connectivity index (χ1) is 10.1. The van der Waals surface area contributed by atoms with Gasteiger partial charge in [0.2, 0.25) is 0 Å². The molecule has 1 N–H and O–H groups in total. The number of carbonyl (C=O) groups is 3. The molecule has 1 saturated carbocycles. The lowest BCUT2D eigenvalue weighted by atomic mass is 9.60. The van der Waals surface area contributed by atoms with Crippen LogP contribution in [-0.2, 0) is 14.4 Å². The molecule has 0 radical (unpaired) electrons. The van der Waals surface area contributed by atoms with Crippen molar-refractivity contribution in [2.75, 3.05) is 0 Å². The van der Waals surface area contributed by atoms with Crippen molar-refractivity contribution in [3.05, 3.63) is 35.6 Å². The van der Waals surface area contributed by atoms with E-state index in [0.29, 0.717) is 5.56 Å². The van der Waals surface area contributed by atoms with Gasteiger partial charge in [0, 0.05) is 12.3 Å². The Kier molecular flexibility index (Phi) is 4.29. The zero-order chi connectivity index (χ0) is 16.7. The second kappa shape index (κ2) is 5.72. The first kappa shape index (κ1) is 16.5. The molecule has 1 aliphatic rings. The quantitative estimate of drug-likeness (QED) is 0.868. The van der Waals surface area contributed by atoms with Gasteiger partial charge >= 0.3 is 0 Å². The maximum atomic E-state index is 13.1. The molecule has 0 saturated heterocycles. The van der Waals surface area contributed by atoms with Crippen LogP contribution in [-0.4, -0.2) is 28.1 Å². The standard InChI is InChI=1S/C17H19FO4/c1-9(19)14-13(21)8-17(3,22)16(10(2)20)15(14)11-4-6-12(18)7-5-11/h4-7,14-16,22H,8H2,1-3H3/t14-,15+,16+,17+/m1/s1. The number of aliphatic hydroxyl groups is 1. The van der Waals surface area contributed by atoms with Crippen LogP contribution in [0.15, 0.2) is 24.3 Å². The molecule has 1 aromatic carbocycles. The number of carbonyl (C=O) groups excluding carboxylic acids is 3. The molecule has 0 amide bonds. The molecular weight excluding hydrogens is 287 g/mol. The van der Waals surface area contributed by atoms with E-state index in [4.69, 9.17) is 0 Å². The maximum Gasteiger partial charge on any atom is 0.146 e. The van der Waals surface area contributed by atoms with E-state index in [1.165, 1.54) is 45.0 Å². The molecule has 4 atom stereocenters. The molecule has 0 heterocycles. The van der Waals surface area contributed by atoms with E-state index >= 15 is 0 Å².